The monoisotopic (exact) mass is 679 g/mol. The van der Waals surface area contributed by atoms with Crippen LogP contribution in [0.2, 0.25) is 0 Å². The van der Waals surface area contributed by atoms with E-state index in [1.54, 1.807) is 0 Å². The van der Waals surface area contributed by atoms with Gasteiger partial charge in [-0.15, -0.1) is 0 Å². The van der Waals surface area contributed by atoms with Crippen LogP contribution >= 0.6 is 0 Å². The third-order valence-corrected chi connectivity index (χ3v) is 7.11. The minimum absolute atomic E-state index is 0. The van der Waals surface area contributed by atoms with Crippen molar-refractivity contribution in [1.29, 1.82) is 0 Å². The third-order valence-electron chi connectivity index (χ3n) is 5.29. The Balaban J connectivity index is 0.000000312. The standard InChI is InChI=1S/C13H8NOSe.C13H24O2.Ir/c1-2-4-11(5-3-1)15-13-8-10-6-7-16-12(10)9-14-13;1-5-10(6-2)12(14)9-13(15)11(7-3)8-4;/h1-4,6-9H;9-11,14H,5-8H2,1-4H3;/q-1;;/b;12-9-;. The quantitative estimate of drug-likeness (QED) is 0.118. The number of aromatic nitrogens is 1. The molecule has 175 valence electrons. The number of hydrogen-bond acceptors (Lipinski definition) is 4. The molecule has 0 spiro atoms. The van der Waals surface area contributed by atoms with Crippen LogP contribution in [0.5, 0.6) is 11.6 Å². The van der Waals surface area contributed by atoms with Crippen LogP contribution in [0.1, 0.15) is 53.4 Å². The van der Waals surface area contributed by atoms with Gasteiger partial charge in [-0.1, -0.05) is 27.7 Å². The van der Waals surface area contributed by atoms with Crippen LogP contribution in [0.3, 0.4) is 0 Å². The minimum atomic E-state index is 0. The molecule has 1 N–H and O–H groups in total. The van der Waals surface area contributed by atoms with Crippen molar-refractivity contribution in [3.05, 3.63) is 65.4 Å². The van der Waals surface area contributed by atoms with Crippen molar-refractivity contribution in [3.8, 4) is 11.6 Å². The normalized spacial score (nSPS) is 11.1. The Morgan fingerprint density at radius 3 is 2.41 bits per heavy atom. The van der Waals surface area contributed by atoms with Gasteiger partial charge in [0.05, 0.1) is 5.76 Å². The summed E-state index contributed by atoms with van der Waals surface area (Å²) in [4.78, 5) is 18.2. The van der Waals surface area contributed by atoms with Gasteiger partial charge in [-0.05, 0) is 25.7 Å². The number of carbonyl (C=O) groups excluding carboxylic acids is 1. The molecule has 1 aromatic carbocycles. The molecule has 0 unspecified atom stereocenters. The molecule has 4 nitrogen and oxygen atoms in total. The first-order valence-electron chi connectivity index (χ1n) is 10.9. The number of nitrogens with zero attached hydrogens (tertiary/aromatic N) is 1. The summed E-state index contributed by atoms with van der Waals surface area (Å²) < 4.78 is 6.93. The second-order valence-corrected chi connectivity index (χ2v) is 9.30. The Hall–Kier alpha value is -1.71. The molecule has 0 aliphatic heterocycles. The van der Waals surface area contributed by atoms with E-state index in [0.29, 0.717) is 26.1 Å². The van der Waals surface area contributed by atoms with Gasteiger partial charge in [0.25, 0.3) is 0 Å². The van der Waals surface area contributed by atoms with E-state index in [-0.39, 0.29) is 43.5 Å². The number of benzene rings is 1. The number of allylic oxidation sites excluding steroid dienone is 2. The average molecular weight is 678 g/mol. The molecule has 0 atom stereocenters. The summed E-state index contributed by atoms with van der Waals surface area (Å²) in [5.41, 5.74) is 0. The molecule has 2 aromatic heterocycles. The van der Waals surface area contributed by atoms with Gasteiger partial charge in [0, 0.05) is 38.0 Å². The fraction of sp³-hybridized carbons (Fsp3) is 0.385. The number of aliphatic hydroxyl groups excluding tert-OH is 1. The van der Waals surface area contributed by atoms with Crippen molar-refractivity contribution in [2.45, 2.75) is 53.4 Å². The van der Waals surface area contributed by atoms with E-state index in [1.807, 2.05) is 64.2 Å². The van der Waals surface area contributed by atoms with E-state index in [9.17, 15) is 9.90 Å². The number of hydrogen-bond donors (Lipinski definition) is 1. The molecule has 2 heterocycles. The van der Waals surface area contributed by atoms with Crippen LogP contribution in [-0.2, 0) is 24.9 Å². The first-order chi connectivity index (χ1) is 15.0. The number of ketones is 1. The van der Waals surface area contributed by atoms with E-state index in [1.165, 1.54) is 15.7 Å². The Morgan fingerprint density at radius 2 is 1.81 bits per heavy atom. The number of pyridine rings is 1. The van der Waals surface area contributed by atoms with Crippen LogP contribution in [0.15, 0.2) is 59.4 Å². The van der Waals surface area contributed by atoms with E-state index in [0.717, 1.165) is 25.7 Å². The summed E-state index contributed by atoms with van der Waals surface area (Å²) in [5, 5.41) is 11.0. The fourth-order valence-electron chi connectivity index (χ4n) is 3.24. The number of carbonyl (C=O) groups is 1. The predicted molar refractivity (Wildman–Crippen MR) is 128 cm³/mol. The Morgan fingerprint density at radius 1 is 1.12 bits per heavy atom. The zero-order valence-electron chi connectivity index (χ0n) is 19.1. The summed E-state index contributed by atoms with van der Waals surface area (Å²) in [5.74, 6) is 1.87. The maximum atomic E-state index is 11.7. The van der Waals surface area contributed by atoms with Crippen LogP contribution in [-0.4, -0.2) is 30.4 Å². The van der Waals surface area contributed by atoms with E-state index in [2.05, 4.69) is 22.1 Å². The van der Waals surface area contributed by atoms with E-state index < -0.39 is 0 Å². The summed E-state index contributed by atoms with van der Waals surface area (Å²) in [6, 6.07) is 14.6. The topological polar surface area (TPSA) is 59.4 Å². The molecular weight excluding hydrogens is 645 g/mol. The van der Waals surface area contributed by atoms with Crippen LogP contribution < -0.4 is 4.74 Å². The maximum absolute atomic E-state index is 11.7. The Labute approximate surface area is 211 Å². The Kier molecular flexibility index (Phi) is 13.4. The molecule has 0 aliphatic carbocycles. The fourth-order valence-corrected chi connectivity index (χ4v) is 4.78. The molecule has 0 bridgehead atoms. The SMILES string of the molecule is CCC(CC)C(=O)/C=C(\O)C(CC)CC.[Ir].[c-]1ccccc1Oc1cc2cc[se]c2cn1. The zero-order chi connectivity index (χ0) is 22.6. The summed E-state index contributed by atoms with van der Waals surface area (Å²) in [6.07, 6.45) is 6.80. The van der Waals surface area contributed by atoms with E-state index in [4.69, 9.17) is 4.74 Å². The average Bonchev–Trinajstić information content (AvgIpc) is 3.24. The first kappa shape index (κ1) is 28.3. The second kappa shape index (κ2) is 15.2. The number of fused-ring (bicyclic) bond motifs is 1. The molecule has 32 heavy (non-hydrogen) atoms. The third kappa shape index (κ3) is 8.67. The predicted octanol–water partition coefficient (Wildman–Crippen LogP) is 6.75. The van der Waals surface area contributed by atoms with Gasteiger partial charge < -0.3 is 5.11 Å². The van der Waals surface area contributed by atoms with Gasteiger partial charge in [0.2, 0.25) is 0 Å². The number of ether oxygens (including phenoxy) is 1. The van der Waals surface area contributed by atoms with Gasteiger partial charge >= 0.3 is 99.1 Å². The van der Waals surface area contributed by atoms with E-state index >= 15 is 0 Å². The first-order valence-corrected chi connectivity index (χ1v) is 12.8. The van der Waals surface area contributed by atoms with Crippen molar-refractivity contribution in [2.24, 2.45) is 11.8 Å². The van der Waals surface area contributed by atoms with Crippen LogP contribution in [0, 0.1) is 17.9 Å². The molecule has 3 rings (SSSR count). The van der Waals surface area contributed by atoms with Crippen LogP contribution in [0.4, 0.5) is 0 Å². The second-order valence-electron chi connectivity index (χ2n) is 7.31. The van der Waals surface area contributed by atoms with Crippen molar-refractivity contribution in [2.75, 3.05) is 0 Å². The van der Waals surface area contributed by atoms with Crippen molar-refractivity contribution >= 4 is 29.9 Å². The van der Waals surface area contributed by atoms with Gasteiger partial charge in [0.1, 0.15) is 0 Å². The van der Waals surface area contributed by atoms with Crippen molar-refractivity contribution in [1.82, 2.24) is 4.98 Å². The van der Waals surface area contributed by atoms with Gasteiger partial charge in [-0.3, -0.25) is 4.79 Å². The molecule has 3 aromatic rings. The van der Waals surface area contributed by atoms with Crippen LogP contribution in [0.25, 0.3) is 9.65 Å². The molecule has 6 heteroatoms. The van der Waals surface area contributed by atoms with Gasteiger partial charge in [-0.2, -0.15) is 0 Å². The molecule has 0 saturated carbocycles. The molecule has 0 saturated heterocycles. The zero-order valence-corrected chi connectivity index (χ0v) is 23.2. The van der Waals surface area contributed by atoms with Gasteiger partial charge in [-0.25, -0.2) is 0 Å². The molecule has 0 fully saturated rings. The van der Waals surface area contributed by atoms with Crippen molar-refractivity contribution in [3.63, 3.8) is 0 Å². The summed E-state index contributed by atoms with van der Waals surface area (Å²) in [6.45, 7) is 8.07. The number of para-hydroxylation sites is 1. The molecule has 0 aliphatic rings. The van der Waals surface area contributed by atoms with Crippen molar-refractivity contribution < 1.29 is 34.7 Å². The van der Waals surface area contributed by atoms with Gasteiger partial charge in [0.15, 0.2) is 5.78 Å². The molecular formula is C26H32IrNO3Se-. The summed E-state index contributed by atoms with van der Waals surface area (Å²) in [7, 11) is 0. The number of rotatable bonds is 9. The molecule has 0 amide bonds. The molecule has 1 radical (unpaired) electrons. The number of aliphatic hydroxyl groups is 1. The Bertz CT molecular complexity index is 963. The summed E-state index contributed by atoms with van der Waals surface area (Å²) >= 11 is 0.444.